The van der Waals surface area contributed by atoms with E-state index < -0.39 is 0 Å². The molecule has 0 bridgehead atoms. The number of amides is 2. The van der Waals surface area contributed by atoms with Gasteiger partial charge in [0.2, 0.25) is 11.8 Å². The van der Waals surface area contributed by atoms with Gasteiger partial charge in [-0.15, -0.1) is 12.4 Å². The van der Waals surface area contributed by atoms with Crippen molar-refractivity contribution in [2.75, 3.05) is 39.4 Å². The first-order valence-corrected chi connectivity index (χ1v) is 6.64. The number of carbonyl (C=O) groups is 2. The molecule has 0 aliphatic carbocycles. The molecule has 0 aromatic rings. The monoisotopic (exact) mass is 291 g/mol. The molecular weight excluding hydrogens is 270 g/mol. The third-order valence-electron chi connectivity index (χ3n) is 3.36. The minimum Gasteiger partial charge on any atom is -0.378 e. The van der Waals surface area contributed by atoms with Crippen LogP contribution >= 0.6 is 12.4 Å². The fourth-order valence-corrected chi connectivity index (χ4v) is 2.27. The maximum Gasteiger partial charge on any atom is 0.241 e. The van der Waals surface area contributed by atoms with Crippen LogP contribution in [0.25, 0.3) is 0 Å². The minimum atomic E-state index is -0.326. The molecule has 2 amide bonds. The highest BCUT2D eigenvalue weighted by Crippen LogP contribution is 2.08. The summed E-state index contributed by atoms with van der Waals surface area (Å²) in [4.78, 5) is 25.4. The molecule has 0 aromatic carbocycles. The van der Waals surface area contributed by atoms with Gasteiger partial charge in [-0.25, -0.2) is 0 Å². The highest BCUT2D eigenvalue weighted by molar-refractivity contribution is 5.87. The maximum absolute atomic E-state index is 11.8. The van der Waals surface area contributed by atoms with E-state index >= 15 is 0 Å². The molecule has 7 heteroatoms. The van der Waals surface area contributed by atoms with Gasteiger partial charge in [-0.05, 0) is 19.3 Å². The third-order valence-corrected chi connectivity index (χ3v) is 3.36. The molecule has 2 fully saturated rings. The van der Waals surface area contributed by atoms with E-state index in [1.165, 1.54) is 6.42 Å². The Kier molecular flexibility index (Phi) is 7.12. The second-order valence-electron chi connectivity index (χ2n) is 4.74. The second kappa shape index (κ2) is 8.35. The summed E-state index contributed by atoms with van der Waals surface area (Å²) < 4.78 is 5.21. The number of piperidine rings is 1. The molecule has 2 saturated heterocycles. The van der Waals surface area contributed by atoms with Gasteiger partial charge in [0.1, 0.15) is 6.04 Å². The summed E-state index contributed by atoms with van der Waals surface area (Å²) in [6.07, 6.45) is 3.33. The summed E-state index contributed by atoms with van der Waals surface area (Å²) in [5.41, 5.74) is 0. The van der Waals surface area contributed by atoms with Crippen LogP contribution in [0.5, 0.6) is 0 Å². The van der Waals surface area contributed by atoms with Crippen molar-refractivity contribution in [3.05, 3.63) is 0 Å². The zero-order chi connectivity index (χ0) is 12.8. The van der Waals surface area contributed by atoms with E-state index in [1.807, 2.05) is 4.90 Å². The zero-order valence-electron chi connectivity index (χ0n) is 11.0. The Hall–Kier alpha value is -0.850. The number of nitrogens with zero attached hydrogens (tertiary/aromatic N) is 1. The van der Waals surface area contributed by atoms with Gasteiger partial charge in [0.25, 0.3) is 0 Å². The van der Waals surface area contributed by atoms with E-state index in [-0.39, 0.29) is 36.8 Å². The number of ether oxygens (including phenoxy) is 1. The lowest BCUT2D eigenvalue weighted by molar-refractivity contribution is -0.134. The van der Waals surface area contributed by atoms with Gasteiger partial charge >= 0.3 is 0 Å². The quantitative estimate of drug-likeness (QED) is 0.737. The number of rotatable bonds is 3. The van der Waals surface area contributed by atoms with Gasteiger partial charge < -0.3 is 20.3 Å². The van der Waals surface area contributed by atoms with Gasteiger partial charge in [0.05, 0.1) is 19.8 Å². The van der Waals surface area contributed by atoms with Crippen LogP contribution in [0.3, 0.4) is 0 Å². The summed E-state index contributed by atoms with van der Waals surface area (Å²) in [5.74, 6) is -0.139. The SMILES string of the molecule is Cl.O=C(NCC(=O)N1CCCCC1)C1COCCN1. The molecule has 2 N–H and O–H groups in total. The Morgan fingerprint density at radius 1 is 1.26 bits per heavy atom. The molecule has 0 spiro atoms. The first-order chi connectivity index (χ1) is 8.77. The zero-order valence-corrected chi connectivity index (χ0v) is 11.8. The third kappa shape index (κ3) is 4.97. The summed E-state index contributed by atoms with van der Waals surface area (Å²) >= 11 is 0. The van der Waals surface area contributed by atoms with Crippen molar-refractivity contribution in [1.82, 2.24) is 15.5 Å². The van der Waals surface area contributed by atoms with Gasteiger partial charge in [0, 0.05) is 19.6 Å². The van der Waals surface area contributed by atoms with Crippen molar-refractivity contribution in [1.29, 1.82) is 0 Å². The molecule has 6 nitrogen and oxygen atoms in total. The maximum atomic E-state index is 11.8. The molecule has 0 radical (unpaired) electrons. The van der Waals surface area contributed by atoms with Gasteiger partial charge in [-0.1, -0.05) is 0 Å². The van der Waals surface area contributed by atoms with Crippen LogP contribution in [0, 0.1) is 0 Å². The van der Waals surface area contributed by atoms with Crippen LogP contribution in [0.15, 0.2) is 0 Å². The second-order valence-corrected chi connectivity index (χ2v) is 4.74. The Balaban J connectivity index is 0.00000180. The van der Waals surface area contributed by atoms with Gasteiger partial charge in [0.15, 0.2) is 0 Å². The van der Waals surface area contributed by atoms with Crippen LogP contribution < -0.4 is 10.6 Å². The standard InChI is InChI=1S/C12H21N3O3.ClH/c16-11(15-5-2-1-3-6-15)8-14-12(17)10-9-18-7-4-13-10;/h10,13H,1-9H2,(H,14,17);1H. The van der Waals surface area contributed by atoms with E-state index in [2.05, 4.69) is 10.6 Å². The van der Waals surface area contributed by atoms with E-state index in [1.54, 1.807) is 0 Å². The summed E-state index contributed by atoms with van der Waals surface area (Å²) in [6.45, 7) is 3.42. The molecule has 2 heterocycles. The van der Waals surface area contributed by atoms with Crippen molar-refractivity contribution in [2.45, 2.75) is 25.3 Å². The number of morpholine rings is 1. The molecule has 110 valence electrons. The minimum absolute atomic E-state index is 0. The molecule has 0 saturated carbocycles. The smallest absolute Gasteiger partial charge is 0.241 e. The predicted molar refractivity (Wildman–Crippen MR) is 73.3 cm³/mol. The molecule has 2 rings (SSSR count). The number of likely N-dealkylation sites (tertiary alicyclic amines) is 1. The Morgan fingerprint density at radius 3 is 2.63 bits per heavy atom. The molecule has 2 aliphatic rings. The molecular formula is C12H22ClN3O3. The van der Waals surface area contributed by atoms with E-state index in [0.29, 0.717) is 19.8 Å². The summed E-state index contributed by atoms with van der Waals surface area (Å²) in [6, 6.07) is -0.326. The number of nitrogens with one attached hydrogen (secondary N) is 2. The van der Waals surface area contributed by atoms with Crippen LogP contribution in [-0.2, 0) is 14.3 Å². The number of hydrogen-bond acceptors (Lipinski definition) is 4. The van der Waals surface area contributed by atoms with Gasteiger partial charge in [-0.3, -0.25) is 9.59 Å². The number of hydrogen-bond donors (Lipinski definition) is 2. The fraction of sp³-hybridized carbons (Fsp3) is 0.833. The van der Waals surface area contributed by atoms with Crippen molar-refractivity contribution in [2.24, 2.45) is 0 Å². The van der Waals surface area contributed by atoms with Crippen LogP contribution in [0.2, 0.25) is 0 Å². The first kappa shape index (κ1) is 16.2. The fourth-order valence-electron chi connectivity index (χ4n) is 2.27. The van der Waals surface area contributed by atoms with Crippen LogP contribution in [-0.4, -0.2) is 62.1 Å². The van der Waals surface area contributed by atoms with Crippen LogP contribution in [0.4, 0.5) is 0 Å². The lowest BCUT2D eigenvalue weighted by Crippen LogP contribution is -2.53. The Bertz CT molecular complexity index is 273. The highest BCUT2D eigenvalue weighted by atomic mass is 35.5. The van der Waals surface area contributed by atoms with Gasteiger partial charge in [-0.2, -0.15) is 0 Å². The molecule has 1 unspecified atom stereocenters. The molecule has 2 aliphatic heterocycles. The molecule has 1 atom stereocenters. The highest BCUT2D eigenvalue weighted by Gasteiger charge is 2.22. The van der Waals surface area contributed by atoms with Crippen molar-refractivity contribution < 1.29 is 14.3 Å². The number of halogens is 1. The molecule has 19 heavy (non-hydrogen) atoms. The summed E-state index contributed by atoms with van der Waals surface area (Å²) in [7, 11) is 0. The largest absolute Gasteiger partial charge is 0.378 e. The van der Waals surface area contributed by atoms with E-state index in [0.717, 1.165) is 25.9 Å². The molecule has 0 aromatic heterocycles. The lowest BCUT2D eigenvalue weighted by atomic mass is 10.1. The van der Waals surface area contributed by atoms with Crippen molar-refractivity contribution >= 4 is 24.2 Å². The van der Waals surface area contributed by atoms with Crippen LogP contribution in [0.1, 0.15) is 19.3 Å². The normalized spacial score (nSPS) is 23.4. The van der Waals surface area contributed by atoms with Crippen molar-refractivity contribution in [3.8, 4) is 0 Å². The van der Waals surface area contributed by atoms with Crippen molar-refractivity contribution in [3.63, 3.8) is 0 Å². The topological polar surface area (TPSA) is 70.7 Å². The number of carbonyl (C=O) groups excluding carboxylic acids is 2. The lowest BCUT2D eigenvalue weighted by Gasteiger charge is -2.27. The Labute approximate surface area is 119 Å². The summed E-state index contributed by atoms with van der Waals surface area (Å²) in [5, 5.41) is 5.74. The first-order valence-electron chi connectivity index (χ1n) is 6.64. The Morgan fingerprint density at radius 2 is 2.00 bits per heavy atom. The predicted octanol–water partition coefficient (Wildman–Crippen LogP) is -0.475. The van der Waals surface area contributed by atoms with E-state index in [9.17, 15) is 9.59 Å². The average molecular weight is 292 g/mol. The average Bonchev–Trinajstić information content (AvgIpc) is 2.46. The van der Waals surface area contributed by atoms with E-state index in [4.69, 9.17) is 4.74 Å².